The molecule has 0 amide bonds. The maximum absolute atomic E-state index is 5.83. The fraction of sp³-hybridized carbons (Fsp3) is 0.333. The molecule has 21 heavy (non-hydrogen) atoms. The second-order valence-electron chi connectivity index (χ2n) is 5.13. The third kappa shape index (κ3) is 2.50. The predicted molar refractivity (Wildman–Crippen MR) is 78.2 cm³/mol. The monoisotopic (exact) mass is 284 g/mol. The van der Waals surface area contributed by atoms with Gasteiger partial charge in [-0.1, -0.05) is 12.1 Å². The molecule has 2 aromatic heterocycles. The average molecular weight is 284 g/mol. The Labute approximate surface area is 121 Å². The van der Waals surface area contributed by atoms with Crippen molar-refractivity contribution in [2.45, 2.75) is 12.6 Å². The van der Waals surface area contributed by atoms with Crippen LogP contribution >= 0.6 is 0 Å². The summed E-state index contributed by atoms with van der Waals surface area (Å²) < 4.78 is 13.5. The van der Waals surface area contributed by atoms with Crippen LogP contribution in [0.3, 0.4) is 0 Å². The second kappa shape index (κ2) is 5.21. The SMILES string of the molecule is c1ccc2oc(N3CCO[C@H](Cn4cccn4)C3)nc2c1. The van der Waals surface area contributed by atoms with Crippen LogP contribution in [-0.2, 0) is 11.3 Å². The van der Waals surface area contributed by atoms with E-state index < -0.39 is 0 Å². The number of benzene rings is 1. The van der Waals surface area contributed by atoms with E-state index in [0.29, 0.717) is 12.6 Å². The quantitative estimate of drug-likeness (QED) is 0.735. The molecular weight excluding hydrogens is 268 g/mol. The summed E-state index contributed by atoms with van der Waals surface area (Å²) in [6.45, 7) is 2.96. The number of fused-ring (bicyclic) bond motifs is 1. The maximum atomic E-state index is 5.83. The summed E-state index contributed by atoms with van der Waals surface area (Å²) in [5.41, 5.74) is 1.71. The van der Waals surface area contributed by atoms with Crippen LogP contribution in [0.2, 0.25) is 0 Å². The minimum atomic E-state index is 0.0914. The van der Waals surface area contributed by atoms with Crippen molar-refractivity contribution < 1.29 is 9.15 Å². The van der Waals surface area contributed by atoms with Gasteiger partial charge in [-0.3, -0.25) is 4.68 Å². The van der Waals surface area contributed by atoms with E-state index in [-0.39, 0.29) is 6.10 Å². The first-order valence-corrected chi connectivity index (χ1v) is 7.08. The van der Waals surface area contributed by atoms with E-state index in [4.69, 9.17) is 9.15 Å². The molecule has 0 bridgehead atoms. The van der Waals surface area contributed by atoms with E-state index in [2.05, 4.69) is 15.0 Å². The molecule has 1 aromatic carbocycles. The highest BCUT2D eigenvalue weighted by Gasteiger charge is 2.24. The Morgan fingerprint density at radius 2 is 2.19 bits per heavy atom. The summed E-state index contributed by atoms with van der Waals surface area (Å²) in [7, 11) is 0. The zero-order valence-electron chi connectivity index (χ0n) is 11.6. The van der Waals surface area contributed by atoms with Crippen LogP contribution in [0.1, 0.15) is 0 Å². The van der Waals surface area contributed by atoms with Crippen LogP contribution in [0.15, 0.2) is 47.1 Å². The van der Waals surface area contributed by atoms with E-state index in [1.165, 1.54) is 0 Å². The van der Waals surface area contributed by atoms with Crippen LogP contribution in [-0.4, -0.2) is 40.6 Å². The summed E-state index contributed by atoms with van der Waals surface area (Å²) in [6, 6.07) is 10.4. The van der Waals surface area contributed by atoms with Crippen molar-refractivity contribution in [2.24, 2.45) is 0 Å². The maximum Gasteiger partial charge on any atom is 0.298 e. The predicted octanol–water partition coefficient (Wildman–Crippen LogP) is 1.93. The molecule has 1 aliphatic heterocycles. The molecule has 108 valence electrons. The lowest BCUT2D eigenvalue weighted by atomic mass is 10.3. The molecule has 1 aliphatic rings. The third-order valence-corrected chi connectivity index (χ3v) is 3.64. The van der Waals surface area contributed by atoms with Crippen molar-refractivity contribution in [3.8, 4) is 0 Å². The Bertz CT molecular complexity index is 689. The minimum absolute atomic E-state index is 0.0914. The normalized spacial score (nSPS) is 19.2. The zero-order chi connectivity index (χ0) is 14.1. The number of ether oxygens (including phenoxy) is 1. The van der Waals surface area contributed by atoms with Gasteiger partial charge in [-0.2, -0.15) is 10.1 Å². The van der Waals surface area contributed by atoms with E-state index in [9.17, 15) is 0 Å². The fourth-order valence-electron chi connectivity index (χ4n) is 2.62. The molecule has 6 heteroatoms. The number of anilines is 1. The molecular formula is C15H16N4O2. The molecule has 1 fully saturated rings. The first-order valence-electron chi connectivity index (χ1n) is 7.08. The lowest BCUT2D eigenvalue weighted by Crippen LogP contribution is -2.44. The average Bonchev–Trinajstić information content (AvgIpc) is 3.16. The van der Waals surface area contributed by atoms with Gasteiger partial charge in [0.15, 0.2) is 5.58 Å². The number of morpholine rings is 1. The summed E-state index contributed by atoms with van der Waals surface area (Å²) in [5, 5.41) is 4.22. The van der Waals surface area contributed by atoms with Crippen molar-refractivity contribution in [3.63, 3.8) is 0 Å². The number of oxazole rings is 1. The second-order valence-corrected chi connectivity index (χ2v) is 5.13. The van der Waals surface area contributed by atoms with Crippen molar-refractivity contribution in [1.82, 2.24) is 14.8 Å². The highest BCUT2D eigenvalue weighted by molar-refractivity contribution is 5.74. The van der Waals surface area contributed by atoms with Gasteiger partial charge in [0.05, 0.1) is 25.8 Å². The number of para-hydroxylation sites is 2. The van der Waals surface area contributed by atoms with Gasteiger partial charge in [0.1, 0.15) is 5.52 Å². The Morgan fingerprint density at radius 3 is 3.05 bits per heavy atom. The van der Waals surface area contributed by atoms with Gasteiger partial charge in [-0.25, -0.2) is 0 Å². The molecule has 0 aliphatic carbocycles. The molecule has 0 radical (unpaired) electrons. The van der Waals surface area contributed by atoms with E-state index in [1.807, 2.05) is 41.2 Å². The van der Waals surface area contributed by atoms with Crippen molar-refractivity contribution in [3.05, 3.63) is 42.7 Å². The van der Waals surface area contributed by atoms with Gasteiger partial charge >= 0.3 is 0 Å². The largest absolute Gasteiger partial charge is 0.423 e. The smallest absolute Gasteiger partial charge is 0.298 e. The zero-order valence-corrected chi connectivity index (χ0v) is 11.6. The standard InChI is InChI=1S/C15H16N4O2/c1-2-5-14-13(4-1)17-15(21-14)18-8-9-20-12(10-18)11-19-7-3-6-16-19/h1-7,12H,8-11H2/t12-/m0/s1. The molecule has 1 saturated heterocycles. The highest BCUT2D eigenvalue weighted by Crippen LogP contribution is 2.23. The molecule has 0 spiro atoms. The molecule has 3 heterocycles. The summed E-state index contributed by atoms with van der Waals surface area (Å²) in [6.07, 6.45) is 3.82. The molecule has 0 N–H and O–H groups in total. The molecule has 6 nitrogen and oxygen atoms in total. The summed E-state index contributed by atoms with van der Waals surface area (Å²) in [4.78, 5) is 6.69. The van der Waals surface area contributed by atoms with Gasteiger partial charge in [0, 0.05) is 18.9 Å². The fourth-order valence-corrected chi connectivity index (χ4v) is 2.62. The third-order valence-electron chi connectivity index (χ3n) is 3.64. The molecule has 4 rings (SSSR count). The van der Waals surface area contributed by atoms with Gasteiger partial charge in [0.2, 0.25) is 0 Å². The molecule has 0 unspecified atom stereocenters. The number of hydrogen-bond donors (Lipinski definition) is 0. The topological polar surface area (TPSA) is 56.3 Å². The summed E-state index contributed by atoms with van der Waals surface area (Å²) in [5.74, 6) is 0. The highest BCUT2D eigenvalue weighted by atomic mass is 16.5. The van der Waals surface area contributed by atoms with E-state index in [1.54, 1.807) is 6.20 Å². The van der Waals surface area contributed by atoms with Crippen molar-refractivity contribution >= 4 is 17.1 Å². The van der Waals surface area contributed by atoms with Crippen LogP contribution in [0.4, 0.5) is 6.01 Å². The van der Waals surface area contributed by atoms with Crippen LogP contribution in [0, 0.1) is 0 Å². The lowest BCUT2D eigenvalue weighted by molar-refractivity contribution is 0.0259. The van der Waals surface area contributed by atoms with Gasteiger partial charge in [0.25, 0.3) is 6.01 Å². The molecule has 0 saturated carbocycles. The summed E-state index contributed by atoms with van der Waals surface area (Å²) >= 11 is 0. The van der Waals surface area contributed by atoms with Crippen molar-refractivity contribution in [2.75, 3.05) is 24.6 Å². The van der Waals surface area contributed by atoms with E-state index >= 15 is 0 Å². The van der Waals surface area contributed by atoms with Gasteiger partial charge in [-0.15, -0.1) is 0 Å². The Kier molecular flexibility index (Phi) is 3.08. The number of nitrogens with zero attached hydrogens (tertiary/aromatic N) is 4. The number of rotatable bonds is 3. The van der Waals surface area contributed by atoms with E-state index in [0.717, 1.165) is 30.7 Å². The van der Waals surface area contributed by atoms with Gasteiger partial charge in [-0.05, 0) is 18.2 Å². The Morgan fingerprint density at radius 1 is 1.24 bits per heavy atom. The Hall–Kier alpha value is -2.34. The molecule has 1 atom stereocenters. The van der Waals surface area contributed by atoms with Gasteiger partial charge < -0.3 is 14.1 Å². The lowest BCUT2D eigenvalue weighted by Gasteiger charge is -2.31. The van der Waals surface area contributed by atoms with Crippen LogP contribution in [0.5, 0.6) is 0 Å². The first-order chi connectivity index (χ1) is 10.4. The first kappa shape index (κ1) is 12.4. The van der Waals surface area contributed by atoms with Crippen LogP contribution < -0.4 is 4.90 Å². The minimum Gasteiger partial charge on any atom is -0.423 e. The molecule has 3 aromatic rings. The Balaban J connectivity index is 1.52. The van der Waals surface area contributed by atoms with Crippen molar-refractivity contribution in [1.29, 1.82) is 0 Å². The van der Waals surface area contributed by atoms with Crippen LogP contribution in [0.25, 0.3) is 11.1 Å². The number of hydrogen-bond acceptors (Lipinski definition) is 5. The number of aromatic nitrogens is 3.